The van der Waals surface area contributed by atoms with Crippen LogP contribution in [0.2, 0.25) is 0 Å². The van der Waals surface area contributed by atoms with Gasteiger partial charge < -0.3 is 10.5 Å². The molecule has 0 unspecified atom stereocenters. The van der Waals surface area contributed by atoms with E-state index in [1.165, 1.54) is 6.21 Å². The summed E-state index contributed by atoms with van der Waals surface area (Å²) in [5.41, 5.74) is 8.29. The molecule has 0 atom stereocenters. The van der Waals surface area contributed by atoms with Gasteiger partial charge in [0.25, 0.3) is 0 Å². The van der Waals surface area contributed by atoms with E-state index in [9.17, 15) is 10.1 Å². The molecule has 2 aromatic rings. The lowest BCUT2D eigenvalue weighted by Crippen LogP contribution is -2.04. The predicted molar refractivity (Wildman–Crippen MR) is 77.3 cm³/mol. The summed E-state index contributed by atoms with van der Waals surface area (Å²) in [4.78, 5) is 17.5. The Balaban J connectivity index is 2.14. The molecule has 2 rings (SSSR count). The van der Waals surface area contributed by atoms with Crippen LogP contribution in [0.15, 0.2) is 35.7 Å². The fraction of sp³-hybridized carbons (Fsp3) is 0.0833. The molecule has 0 saturated heterocycles. The van der Waals surface area contributed by atoms with E-state index < -0.39 is 10.6 Å². The van der Waals surface area contributed by atoms with Gasteiger partial charge in [0, 0.05) is 0 Å². The number of hydrogen-bond donors (Lipinski definition) is 2. The van der Waals surface area contributed by atoms with E-state index in [-0.39, 0.29) is 11.6 Å². The van der Waals surface area contributed by atoms with Crippen molar-refractivity contribution in [3.8, 4) is 5.75 Å². The molecule has 1 heterocycles. The second kappa shape index (κ2) is 6.28. The van der Waals surface area contributed by atoms with Crippen molar-refractivity contribution in [3.05, 3.63) is 46.3 Å². The number of hydrazone groups is 1. The van der Waals surface area contributed by atoms with E-state index in [4.69, 9.17) is 10.5 Å². The van der Waals surface area contributed by atoms with Crippen LogP contribution in [-0.2, 0) is 0 Å². The quantitative estimate of drug-likeness (QED) is 0.483. The molecule has 0 fully saturated rings. The molecule has 1 aromatic carbocycles. The lowest BCUT2D eigenvalue weighted by Gasteiger charge is -2.02. The number of methoxy groups -OCH3 is 1. The summed E-state index contributed by atoms with van der Waals surface area (Å²) in [7, 11) is 1.57. The molecule has 0 aliphatic carbocycles. The Bertz CT molecular complexity index is 671. The maximum Gasteiger partial charge on any atom is 0.354 e. The maximum atomic E-state index is 10.9. The minimum absolute atomic E-state index is 0.0720. The minimum atomic E-state index is -0.666. The summed E-state index contributed by atoms with van der Waals surface area (Å²) in [5, 5.41) is 14.8. The second-order valence-electron chi connectivity index (χ2n) is 3.86. The number of rotatable bonds is 5. The van der Waals surface area contributed by atoms with Gasteiger partial charge in [-0.05, 0) is 29.8 Å². The Morgan fingerprint density at radius 1 is 1.38 bits per heavy atom. The number of benzene rings is 1. The van der Waals surface area contributed by atoms with Gasteiger partial charge in [-0.25, -0.2) is 9.97 Å². The van der Waals surface area contributed by atoms with Crippen molar-refractivity contribution in [1.82, 2.24) is 9.97 Å². The molecule has 0 aliphatic rings. The van der Waals surface area contributed by atoms with Crippen LogP contribution in [0, 0.1) is 10.1 Å². The fourth-order valence-corrected chi connectivity index (χ4v) is 1.51. The van der Waals surface area contributed by atoms with Gasteiger partial charge in [-0.1, -0.05) is 0 Å². The van der Waals surface area contributed by atoms with Crippen LogP contribution < -0.4 is 15.9 Å². The summed E-state index contributed by atoms with van der Waals surface area (Å²) < 4.78 is 5.03. The number of hydrogen-bond acceptors (Lipinski definition) is 8. The summed E-state index contributed by atoms with van der Waals surface area (Å²) in [6, 6.07) is 7.11. The number of nitro groups is 1. The summed E-state index contributed by atoms with van der Waals surface area (Å²) >= 11 is 0. The number of nitrogens with two attached hydrogens (primary N) is 1. The van der Waals surface area contributed by atoms with Crippen molar-refractivity contribution >= 4 is 23.5 Å². The van der Waals surface area contributed by atoms with Crippen LogP contribution in [0.4, 0.5) is 17.3 Å². The van der Waals surface area contributed by atoms with Gasteiger partial charge >= 0.3 is 5.69 Å². The zero-order chi connectivity index (χ0) is 15.2. The molecule has 0 bridgehead atoms. The zero-order valence-corrected chi connectivity index (χ0v) is 11.1. The smallest absolute Gasteiger partial charge is 0.354 e. The van der Waals surface area contributed by atoms with Crippen molar-refractivity contribution in [2.75, 3.05) is 18.3 Å². The molecule has 1 aromatic heterocycles. The summed E-state index contributed by atoms with van der Waals surface area (Å²) in [6.07, 6.45) is 2.61. The molecule has 9 nitrogen and oxygen atoms in total. The van der Waals surface area contributed by atoms with Gasteiger partial charge in [-0.2, -0.15) is 5.10 Å². The number of nitrogens with zero attached hydrogens (tertiary/aromatic N) is 4. The van der Waals surface area contributed by atoms with E-state index in [0.717, 1.165) is 17.6 Å². The number of anilines is 2. The van der Waals surface area contributed by atoms with Gasteiger partial charge in [-0.3, -0.25) is 15.5 Å². The predicted octanol–water partition coefficient (Wildman–Crippen LogP) is 1.42. The van der Waals surface area contributed by atoms with E-state index in [1.54, 1.807) is 31.4 Å². The number of aromatic nitrogens is 2. The molecular weight excluding hydrogens is 276 g/mol. The minimum Gasteiger partial charge on any atom is -0.497 e. The van der Waals surface area contributed by atoms with Crippen molar-refractivity contribution < 1.29 is 9.66 Å². The molecule has 9 heteroatoms. The lowest BCUT2D eigenvalue weighted by molar-refractivity contribution is -0.383. The normalized spacial score (nSPS) is 10.5. The van der Waals surface area contributed by atoms with Gasteiger partial charge in [-0.15, -0.1) is 0 Å². The third kappa shape index (κ3) is 3.41. The second-order valence-corrected chi connectivity index (χ2v) is 3.86. The molecule has 3 N–H and O–H groups in total. The van der Waals surface area contributed by atoms with E-state index in [1.807, 2.05) is 0 Å². The molecule has 0 aliphatic heterocycles. The summed E-state index contributed by atoms with van der Waals surface area (Å²) in [5.74, 6) is 0.425. The summed E-state index contributed by atoms with van der Waals surface area (Å²) in [6.45, 7) is 0. The first-order valence-corrected chi connectivity index (χ1v) is 5.80. The molecule has 0 radical (unpaired) electrons. The first-order chi connectivity index (χ1) is 10.1. The Kier molecular flexibility index (Phi) is 4.24. The lowest BCUT2D eigenvalue weighted by atomic mass is 10.2. The number of ether oxygens (including phenoxy) is 1. The van der Waals surface area contributed by atoms with Gasteiger partial charge in [0.05, 0.1) is 18.2 Å². The zero-order valence-electron chi connectivity index (χ0n) is 11.1. The Morgan fingerprint density at radius 3 is 2.71 bits per heavy atom. The molecule has 0 saturated carbocycles. The highest BCUT2D eigenvalue weighted by molar-refractivity contribution is 5.80. The third-order valence-corrected chi connectivity index (χ3v) is 2.53. The van der Waals surface area contributed by atoms with Gasteiger partial charge in [0.2, 0.25) is 11.6 Å². The standard InChI is InChI=1S/C12H12N6O3/c1-21-9-4-2-8(3-5-9)6-16-17-12-10(18(19)20)11(13)14-7-15-12/h2-7H,1H3,(H3,13,14,15,17). The molecule has 21 heavy (non-hydrogen) atoms. The topological polar surface area (TPSA) is 129 Å². The van der Waals surface area contributed by atoms with Crippen LogP contribution in [0.1, 0.15) is 5.56 Å². The first kappa shape index (κ1) is 14.2. The average molecular weight is 288 g/mol. The molecule has 0 spiro atoms. The van der Waals surface area contributed by atoms with Gasteiger partial charge in [0.1, 0.15) is 12.1 Å². The Hall–Kier alpha value is -3.23. The monoisotopic (exact) mass is 288 g/mol. The fourth-order valence-electron chi connectivity index (χ4n) is 1.51. The van der Waals surface area contributed by atoms with Crippen molar-refractivity contribution in [2.24, 2.45) is 5.10 Å². The van der Waals surface area contributed by atoms with Gasteiger partial charge in [0.15, 0.2) is 0 Å². The molecule has 108 valence electrons. The van der Waals surface area contributed by atoms with E-state index >= 15 is 0 Å². The average Bonchev–Trinajstić information content (AvgIpc) is 2.47. The highest BCUT2D eigenvalue weighted by Crippen LogP contribution is 2.25. The first-order valence-electron chi connectivity index (χ1n) is 5.80. The van der Waals surface area contributed by atoms with Crippen LogP contribution in [-0.4, -0.2) is 28.2 Å². The SMILES string of the molecule is COc1ccc(C=NNc2ncnc(N)c2[N+](=O)[O-])cc1. The van der Waals surface area contributed by atoms with Crippen LogP contribution in [0.3, 0.4) is 0 Å². The van der Waals surface area contributed by atoms with Crippen LogP contribution in [0.5, 0.6) is 5.75 Å². The third-order valence-electron chi connectivity index (χ3n) is 2.53. The van der Waals surface area contributed by atoms with E-state index in [0.29, 0.717) is 0 Å². The number of nitrogen functional groups attached to an aromatic ring is 1. The molecule has 0 amide bonds. The van der Waals surface area contributed by atoms with Crippen molar-refractivity contribution in [2.45, 2.75) is 0 Å². The number of nitrogens with one attached hydrogen (secondary N) is 1. The maximum absolute atomic E-state index is 10.9. The van der Waals surface area contributed by atoms with Crippen LogP contribution >= 0.6 is 0 Å². The Morgan fingerprint density at radius 2 is 2.10 bits per heavy atom. The highest BCUT2D eigenvalue weighted by atomic mass is 16.6. The van der Waals surface area contributed by atoms with Crippen molar-refractivity contribution in [3.63, 3.8) is 0 Å². The van der Waals surface area contributed by atoms with Crippen molar-refractivity contribution in [1.29, 1.82) is 0 Å². The van der Waals surface area contributed by atoms with E-state index in [2.05, 4.69) is 20.5 Å². The Labute approximate surface area is 119 Å². The van der Waals surface area contributed by atoms with Crippen LogP contribution in [0.25, 0.3) is 0 Å². The largest absolute Gasteiger partial charge is 0.497 e. The molecular formula is C12H12N6O3. The highest BCUT2D eigenvalue weighted by Gasteiger charge is 2.20.